The van der Waals surface area contributed by atoms with Gasteiger partial charge in [-0.25, -0.2) is 9.50 Å². The zero-order chi connectivity index (χ0) is 18.4. The number of amides is 2. The predicted octanol–water partition coefficient (Wildman–Crippen LogP) is 1.79. The molecule has 1 aliphatic rings. The van der Waals surface area contributed by atoms with Gasteiger partial charge in [-0.3, -0.25) is 9.59 Å². The van der Waals surface area contributed by atoms with E-state index in [9.17, 15) is 9.59 Å². The zero-order valence-corrected chi connectivity index (χ0v) is 15.5. The summed E-state index contributed by atoms with van der Waals surface area (Å²) in [4.78, 5) is 32.6. The first-order chi connectivity index (χ1) is 11.7. The second-order valence-corrected chi connectivity index (χ2v) is 7.85. The largest absolute Gasteiger partial charge is 0.345 e. The van der Waals surface area contributed by atoms with E-state index in [-0.39, 0.29) is 23.1 Å². The second-order valence-electron chi connectivity index (χ2n) is 7.85. The van der Waals surface area contributed by atoms with Crippen LogP contribution in [0, 0.1) is 5.41 Å². The van der Waals surface area contributed by atoms with Gasteiger partial charge in [0.15, 0.2) is 5.65 Å². The third kappa shape index (κ3) is 3.10. The average molecular weight is 343 g/mol. The molecule has 0 spiro atoms. The summed E-state index contributed by atoms with van der Waals surface area (Å²) in [6.07, 6.45) is 4.17. The second kappa shape index (κ2) is 6.13. The molecule has 0 radical (unpaired) electrons. The molecule has 134 valence electrons. The molecule has 0 aromatic carbocycles. The number of carbonyl (C=O) groups excluding carboxylic acids is 2. The Labute approximate surface area is 147 Å². The highest BCUT2D eigenvalue weighted by Gasteiger charge is 2.34. The maximum Gasteiger partial charge on any atom is 0.258 e. The molecule has 1 saturated heterocycles. The van der Waals surface area contributed by atoms with Crippen LogP contribution in [0.2, 0.25) is 0 Å². The molecule has 7 nitrogen and oxygen atoms in total. The molecule has 0 bridgehead atoms. The number of fused-ring (bicyclic) bond motifs is 1. The van der Waals surface area contributed by atoms with E-state index in [4.69, 9.17) is 0 Å². The topological polar surface area (TPSA) is 70.8 Å². The van der Waals surface area contributed by atoms with E-state index in [1.54, 1.807) is 31.0 Å². The molecular formula is C18H25N5O2. The van der Waals surface area contributed by atoms with Crippen LogP contribution in [0.1, 0.15) is 49.2 Å². The van der Waals surface area contributed by atoms with Crippen LogP contribution in [-0.2, 0) is 4.79 Å². The van der Waals surface area contributed by atoms with Gasteiger partial charge in [0.25, 0.3) is 5.91 Å². The van der Waals surface area contributed by atoms with Gasteiger partial charge in [-0.15, -0.1) is 0 Å². The number of aromatic nitrogens is 3. The third-order valence-electron chi connectivity index (χ3n) is 4.60. The molecule has 1 fully saturated rings. The van der Waals surface area contributed by atoms with E-state index in [1.807, 2.05) is 31.7 Å². The fraction of sp³-hybridized carbons (Fsp3) is 0.556. The quantitative estimate of drug-likeness (QED) is 0.833. The number of hydrogen-bond donors (Lipinski definition) is 0. The van der Waals surface area contributed by atoms with E-state index in [1.165, 1.54) is 4.90 Å². The van der Waals surface area contributed by atoms with Gasteiger partial charge in [0.2, 0.25) is 5.91 Å². The summed E-state index contributed by atoms with van der Waals surface area (Å²) in [5, 5.41) is 4.39. The summed E-state index contributed by atoms with van der Waals surface area (Å²) in [5.74, 6) is 0.249. The summed E-state index contributed by atoms with van der Waals surface area (Å²) in [7, 11) is 3.42. The van der Waals surface area contributed by atoms with Gasteiger partial charge in [0.05, 0.1) is 11.9 Å². The first kappa shape index (κ1) is 17.4. The van der Waals surface area contributed by atoms with Crippen molar-refractivity contribution in [3.63, 3.8) is 0 Å². The summed E-state index contributed by atoms with van der Waals surface area (Å²) in [6.45, 7) is 7.25. The van der Waals surface area contributed by atoms with E-state index in [0.29, 0.717) is 17.8 Å². The van der Waals surface area contributed by atoms with Crippen molar-refractivity contribution >= 4 is 17.5 Å². The lowest BCUT2D eigenvalue weighted by molar-refractivity contribution is -0.138. The molecule has 1 aliphatic heterocycles. The Morgan fingerprint density at radius 1 is 1.28 bits per heavy atom. The summed E-state index contributed by atoms with van der Waals surface area (Å²) in [5.41, 5.74) is 1.68. The van der Waals surface area contributed by atoms with Crippen LogP contribution in [0.4, 0.5) is 0 Å². The molecule has 2 aromatic rings. The van der Waals surface area contributed by atoms with Crippen molar-refractivity contribution in [1.82, 2.24) is 24.4 Å². The van der Waals surface area contributed by atoms with Crippen LogP contribution < -0.4 is 0 Å². The van der Waals surface area contributed by atoms with Crippen LogP contribution in [-0.4, -0.2) is 63.4 Å². The van der Waals surface area contributed by atoms with Crippen molar-refractivity contribution < 1.29 is 9.59 Å². The number of hydrogen-bond acceptors (Lipinski definition) is 4. The highest BCUT2D eigenvalue weighted by Crippen LogP contribution is 2.30. The monoisotopic (exact) mass is 343 g/mol. The van der Waals surface area contributed by atoms with Crippen LogP contribution in [0.15, 0.2) is 18.5 Å². The minimum atomic E-state index is -0.376. The van der Waals surface area contributed by atoms with Crippen molar-refractivity contribution in [2.24, 2.45) is 5.41 Å². The molecule has 0 N–H and O–H groups in total. The van der Waals surface area contributed by atoms with Gasteiger partial charge in [-0.1, -0.05) is 20.8 Å². The van der Waals surface area contributed by atoms with Crippen LogP contribution >= 0.6 is 0 Å². The van der Waals surface area contributed by atoms with E-state index < -0.39 is 0 Å². The van der Waals surface area contributed by atoms with E-state index in [0.717, 1.165) is 18.7 Å². The molecule has 2 aromatic heterocycles. The van der Waals surface area contributed by atoms with Crippen LogP contribution in [0.3, 0.4) is 0 Å². The highest BCUT2D eigenvalue weighted by atomic mass is 16.2. The van der Waals surface area contributed by atoms with Crippen molar-refractivity contribution in [2.45, 2.75) is 33.1 Å². The van der Waals surface area contributed by atoms with Gasteiger partial charge in [0, 0.05) is 44.7 Å². The molecular weight excluding hydrogens is 318 g/mol. The Hall–Kier alpha value is -2.44. The highest BCUT2D eigenvalue weighted by molar-refractivity contribution is 5.99. The molecule has 1 atom stereocenters. The molecule has 0 saturated carbocycles. The summed E-state index contributed by atoms with van der Waals surface area (Å²) >= 11 is 0. The maximum absolute atomic E-state index is 12.5. The maximum atomic E-state index is 12.5. The Morgan fingerprint density at radius 2 is 2.00 bits per heavy atom. The smallest absolute Gasteiger partial charge is 0.258 e. The van der Waals surface area contributed by atoms with Crippen molar-refractivity contribution in [2.75, 3.05) is 27.2 Å². The normalized spacial score (nSPS) is 18.0. The Morgan fingerprint density at radius 3 is 2.64 bits per heavy atom. The molecule has 1 unspecified atom stereocenters. The fourth-order valence-electron chi connectivity index (χ4n) is 3.27. The lowest BCUT2D eigenvalue weighted by Crippen LogP contribution is -2.37. The first-order valence-electron chi connectivity index (χ1n) is 8.54. The van der Waals surface area contributed by atoms with Gasteiger partial charge in [0.1, 0.15) is 5.56 Å². The zero-order valence-electron chi connectivity index (χ0n) is 15.5. The minimum absolute atomic E-state index is 0.115. The predicted molar refractivity (Wildman–Crippen MR) is 94.4 cm³/mol. The van der Waals surface area contributed by atoms with Gasteiger partial charge < -0.3 is 9.80 Å². The van der Waals surface area contributed by atoms with Gasteiger partial charge >= 0.3 is 0 Å². The average Bonchev–Trinajstić information content (AvgIpc) is 3.19. The molecule has 2 amide bonds. The molecule has 0 aliphatic carbocycles. The number of rotatable bonds is 2. The van der Waals surface area contributed by atoms with Crippen molar-refractivity contribution in [3.8, 4) is 0 Å². The third-order valence-corrected chi connectivity index (χ3v) is 4.60. The summed E-state index contributed by atoms with van der Waals surface area (Å²) in [6, 6.07) is 1.93. The van der Waals surface area contributed by atoms with E-state index in [2.05, 4.69) is 10.1 Å². The van der Waals surface area contributed by atoms with Crippen molar-refractivity contribution in [1.29, 1.82) is 0 Å². The Bertz CT molecular complexity index is 818. The van der Waals surface area contributed by atoms with Crippen LogP contribution in [0.25, 0.3) is 5.65 Å². The molecule has 3 rings (SSSR count). The lowest BCUT2D eigenvalue weighted by atomic mass is 9.95. The number of carbonyl (C=O) groups is 2. The molecule has 3 heterocycles. The van der Waals surface area contributed by atoms with Crippen LogP contribution in [0.5, 0.6) is 0 Å². The SMILES string of the molecule is CN(C)C(=O)c1cnn2c(C3CCN(C(=O)C(C)(C)C)C3)ccnc12. The lowest BCUT2D eigenvalue weighted by Gasteiger charge is -2.25. The Balaban J connectivity index is 1.91. The first-order valence-corrected chi connectivity index (χ1v) is 8.54. The Kier molecular flexibility index (Phi) is 4.26. The van der Waals surface area contributed by atoms with E-state index >= 15 is 0 Å². The number of likely N-dealkylation sites (tertiary alicyclic amines) is 1. The van der Waals surface area contributed by atoms with Crippen molar-refractivity contribution in [3.05, 3.63) is 29.7 Å². The summed E-state index contributed by atoms with van der Waals surface area (Å²) < 4.78 is 1.74. The van der Waals surface area contributed by atoms with Gasteiger partial charge in [-0.05, 0) is 12.5 Å². The molecule has 7 heteroatoms. The standard InChI is InChI=1S/C18H25N5O2/c1-18(2,3)17(25)22-9-7-12(11-22)14-6-8-19-15-13(10-20-23(14)15)16(24)21(4)5/h6,8,10,12H,7,9,11H2,1-5H3. The number of nitrogens with zero attached hydrogens (tertiary/aromatic N) is 5. The minimum Gasteiger partial charge on any atom is -0.345 e. The molecule has 25 heavy (non-hydrogen) atoms. The fourth-order valence-corrected chi connectivity index (χ4v) is 3.27. The van der Waals surface area contributed by atoms with Gasteiger partial charge in [-0.2, -0.15) is 5.10 Å².